The molecule has 3 aliphatic rings. The monoisotopic (exact) mass is 366 g/mol. The Morgan fingerprint density at radius 3 is 3.11 bits per heavy atom. The molecule has 0 radical (unpaired) electrons. The van der Waals surface area contributed by atoms with E-state index in [4.69, 9.17) is 9.26 Å². The van der Waals surface area contributed by atoms with E-state index in [9.17, 15) is 9.59 Å². The zero-order chi connectivity index (χ0) is 18.6. The third-order valence-corrected chi connectivity index (χ3v) is 5.48. The van der Waals surface area contributed by atoms with E-state index >= 15 is 0 Å². The minimum atomic E-state index is -0.773. The molecule has 2 amide bonds. The van der Waals surface area contributed by atoms with Crippen LogP contribution in [-0.4, -0.2) is 40.2 Å². The standard InChI is InChI=1S/C19H18N4O4/c1-11-7-14(22-27-11)23-10-19-5-4-13(26-19)15(16(19)18(23)25)17(24)21-9-12-3-2-6-20-8-12/h2-8,13,15-16H,9-10H2,1H3,(H,21,24)/t13-,15+,16-,19-/m1/s1. The molecule has 0 unspecified atom stereocenters. The van der Waals surface area contributed by atoms with Gasteiger partial charge in [-0.1, -0.05) is 23.4 Å². The van der Waals surface area contributed by atoms with Crippen molar-refractivity contribution in [3.8, 4) is 0 Å². The summed E-state index contributed by atoms with van der Waals surface area (Å²) in [5.41, 5.74) is 0.128. The third-order valence-electron chi connectivity index (χ3n) is 5.48. The van der Waals surface area contributed by atoms with Crippen molar-refractivity contribution in [3.05, 3.63) is 54.1 Å². The van der Waals surface area contributed by atoms with Gasteiger partial charge in [-0.2, -0.15) is 0 Å². The highest BCUT2D eigenvalue weighted by atomic mass is 16.5. The van der Waals surface area contributed by atoms with Gasteiger partial charge in [0, 0.05) is 25.0 Å². The predicted molar refractivity (Wildman–Crippen MR) is 93.4 cm³/mol. The van der Waals surface area contributed by atoms with Crippen molar-refractivity contribution in [2.75, 3.05) is 11.4 Å². The van der Waals surface area contributed by atoms with Crippen LogP contribution >= 0.6 is 0 Å². The van der Waals surface area contributed by atoms with Gasteiger partial charge in [0.1, 0.15) is 11.4 Å². The molecular weight excluding hydrogens is 348 g/mol. The number of hydrogen-bond acceptors (Lipinski definition) is 6. The first-order valence-corrected chi connectivity index (χ1v) is 8.86. The van der Waals surface area contributed by atoms with Gasteiger partial charge in [0.05, 0.1) is 24.5 Å². The molecule has 8 heteroatoms. The fourth-order valence-electron chi connectivity index (χ4n) is 4.28. The number of hydrogen-bond donors (Lipinski definition) is 1. The second kappa shape index (κ2) is 5.75. The molecule has 2 saturated heterocycles. The van der Waals surface area contributed by atoms with Crippen molar-refractivity contribution in [2.45, 2.75) is 25.2 Å². The predicted octanol–water partition coefficient (Wildman–Crippen LogP) is 0.981. The quantitative estimate of drug-likeness (QED) is 0.810. The summed E-state index contributed by atoms with van der Waals surface area (Å²) in [6, 6.07) is 5.42. The van der Waals surface area contributed by atoms with Crippen LogP contribution in [0.4, 0.5) is 5.82 Å². The Labute approximate surface area is 155 Å². The normalized spacial score (nSPS) is 30.8. The maximum Gasteiger partial charge on any atom is 0.235 e. The van der Waals surface area contributed by atoms with Crippen LogP contribution in [0.3, 0.4) is 0 Å². The molecule has 2 aromatic heterocycles. The lowest BCUT2D eigenvalue weighted by atomic mass is 9.77. The van der Waals surface area contributed by atoms with Crippen molar-refractivity contribution in [2.24, 2.45) is 11.8 Å². The largest absolute Gasteiger partial charge is 0.360 e. The summed E-state index contributed by atoms with van der Waals surface area (Å²) >= 11 is 0. The Bertz CT molecular complexity index is 940. The van der Waals surface area contributed by atoms with Gasteiger partial charge in [-0.15, -0.1) is 0 Å². The number of anilines is 1. The number of nitrogens with zero attached hydrogens (tertiary/aromatic N) is 3. The van der Waals surface area contributed by atoms with E-state index in [1.807, 2.05) is 24.3 Å². The second-order valence-electron chi connectivity index (χ2n) is 7.20. The Hall–Kier alpha value is -3.00. The number of aryl methyl sites for hydroxylation is 1. The average molecular weight is 366 g/mol. The van der Waals surface area contributed by atoms with E-state index in [0.717, 1.165) is 5.56 Å². The maximum absolute atomic E-state index is 13.1. The molecule has 2 fully saturated rings. The van der Waals surface area contributed by atoms with Crippen LogP contribution in [0.5, 0.6) is 0 Å². The van der Waals surface area contributed by atoms with Crippen LogP contribution in [0.25, 0.3) is 0 Å². The number of carbonyl (C=O) groups excluding carboxylic acids is 2. The molecule has 0 saturated carbocycles. The van der Waals surface area contributed by atoms with E-state index in [0.29, 0.717) is 24.7 Å². The SMILES string of the molecule is Cc1cc(N2C[C@@]34C=C[C@@H](O3)[C@H](C(=O)NCc3cccnc3)[C@@H]4C2=O)no1. The van der Waals surface area contributed by atoms with Crippen LogP contribution in [0.2, 0.25) is 0 Å². The fourth-order valence-corrected chi connectivity index (χ4v) is 4.28. The molecule has 3 aliphatic heterocycles. The Kier molecular flexibility index (Phi) is 3.45. The second-order valence-corrected chi connectivity index (χ2v) is 7.20. The van der Waals surface area contributed by atoms with E-state index in [1.165, 1.54) is 0 Å². The number of pyridine rings is 1. The van der Waals surface area contributed by atoms with Gasteiger partial charge in [0.25, 0.3) is 0 Å². The summed E-state index contributed by atoms with van der Waals surface area (Å²) in [4.78, 5) is 31.6. The van der Waals surface area contributed by atoms with E-state index in [2.05, 4.69) is 15.5 Å². The molecule has 27 heavy (non-hydrogen) atoms. The summed E-state index contributed by atoms with van der Waals surface area (Å²) in [6.07, 6.45) is 6.80. The Balaban J connectivity index is 1.38. The molecule has 2 aromatic rings. The highest BCUT2D eigenvalue weighted by Gasteiger charge is 2.67. The maximum atomic E-state index is 13.1. The molecule has 1 spiro atoms. The lowest BCUT2D eigenvalue weighted by Gasteiger charge is -2.23. The van der Waals surface area contributed by atoms with Gasteiger partial charge in [0.2, 0.25) is 11.8 Å². The van der Waals surface area contributed by atoms with Gasteiger partial charge >= 0.3 is 0 Å². The highest BCUT2D eigenvalue weighted by Crippen LogP contribution is 2.52. The smallest absolute Gasteiger partial charge is 0.235 e. The lowest BCUT2D eigenvalue weighted by molar-refractivity contribution is -0.132. The summed E-state index contributed by atoms with van der Waals surface area (Å²) in [5.74, 6) is -0.381. The van der Waals surface area contributed by atoms with Crippen LogP contribution in [-0.2, 0) is 20.9 Å². The zero-order valence-electron chi connectivity index (χ0n) is 14.7. The number of nitrogens with one attached hydrogen (secondary N) is 1. The lowest BCUT2D eigenvalue weighted by Crippen LogP contribution is -2.44. The summed E-state index contributed by atoms with van der Waals surface area (Å²) in [7, 11) is 0. The molecule has 138 valence electrons. The van der Waals surface area contributed by atoms with E-state index < -0.39 is 17.4 Å². The summed E-state index contributed by atoms with van der Waals surface area (Å²) < 4.78 is 11.2. The first kappa shape index (κ1) is 16.2. The molecular formula is C19H18N4O4. The number of carbonyl (C=O) groups is 2. The number of aromatic nitrogens is 2. The van der Waals surface area contributed by atoms with Gasteiger partial charge < -0.3 is 14.6 Å². The molecule has 1 N–H and O–H groups in total. The topological polar surface area (TPSA) is 97.6 Å². The first-order chi connectivity index (χ1) is 13.1. The molecule has 2 bridgehead atoms. The minimum absolute atomic E-state index is 0.156. The Morgan fingerprint density at radius 2 is 2.37 bits per heavy atom. The van der Waals surface area contributed by atoms with Crippen molar-refractivity contribution in [1.29, 1.82) is 0 Å². The average Bonchev–Trinajstić information content (AvgIpc) is 3.42. The number of ether oxygens (including phenoxy) is 1. The zero-order valence-corrected chi connectivity index (χ0v) is 14.7. The van der Waals surface area contributed by atoms with Crippen molar-refractivity contribution in [1.82, 2.24) is 15.5 Å². The van der Waals surface area contributed by atoms with Crippen LogP contribution in [0.1, 0.15) is 11.3 Å². The van der Waals surface area contributed by atoms with Crippen LogP contribution < -0.4 is 10.2 Å². The van der Waals surface area contributed by atoms with Gasteiger partial charge in [-0.05, 0) is 18.6 Å². The highest BCUT2D eigenvalue weighted by molar-refractivity contribution is 6.02. The van der Waals surface area contributed by atoms with E-state index in [1.54, 1.807) is 30.3 Å². The van der Waals surface area contributed by atoms with Gasteiger partial charge in [0.15, 0.2) is 5.82 Å². The van der Waals surface area contributed by atoms with Crippen molar-refractivity contribution >= 4 is 17.6 Å². The molecule has 0 aliphatic carbocycles. The van der Waals surface area contributed by atoms with Crippen molar-refractivity contribution < 1.29 is 18.8 Å². The number of rotatable bonds is 4. The molecule has 5 rings (SSSR count). The number of amides is 2. The fraction of sp³-hybridized carbons (Fsp3) is 0.368. The van der Waals surface area contributed by atoms with Crippen molar-refractivity contribution in [3.63, 3.8) is 0 Å². The van der Waals surface area contributed by atoms with Gasteiger partial charge in [-0.3, -0.25) is 19.5 Å². The van der Waals surface area contributed by atoms with Crippen LogP contribution in [0, 0.1) is 18.8 Å². The molecule has 4 atom stereocenters. The molecule has 8 nitrogen and oxygen atoms in total. The Morgan fingerprint density at radius 1 is 1.48 bits per heavy atom. The van der Waals surface area contributed by atoms with Gasteiger partial charge in [-0.25, -0.2) is 0 Å². The summed E-state index contributed by atoms with van der Waals surface area (Å²) in [5, 5.41) is 6.86. The molecule has 0 aromatic carbocycles. The summed E-state index contributed by atoms with van der Waals surface area (Å²) in [6.45, 7) is 2.47. The molecule has 5 heterocycles. The minimum Gasteiger partial charge on any atom is -0.360 e. The van der Waals surface area contributed by atoms with E-state index in [-0.39, 0.29) is 17.9 Å². The first-order valence-electron chi connectivity index (χ1n) is 8.86. The number of fused-ring (bicyclic) bond motifs is 1. The van der Waals surface area contributed by atoms with Crippen LogP contribution in [0.15, 0.2) is 47.3 Å². The third kappa shape index (κ3) is 2.40.